The van der Waals surface area contributed by atoms with Gasteiger partial charge in [-0.2, -0.15) is 0 Å². The lowest BCUT2D eigenvalue weighted by Gasteiger charge is -2.36. The molecule has 2 aromatic heterocycles. The van der Waals surface area contributed by atoms with Gasteiger partial charge in [-0.1, -0.05) is 48.5 Å². The van der Waals surface area contributed by atoms with E-state index >= 15 is 0 Å². The fourth-order valence-electron chi connectivity index (χ4n) is 4.91. The minimum absolute atomic E-state index is 0.00700. The predicted molar refractivity (Wildman–Crippen MR) is 151 cm³/mol. The van der Waals surface area contributed by atoms with E-state index < -0.39 is 30.4 Å². The monoisotopic (exact) mass is 556 g/mol. The van der Waals surface area contributed by atoms with Gasteiger partial charge in [0.1, 0.15) is 18.1 Å². The lowest BCUT2D eigenvalue weighted by molar-refractivity contribution is -0.139. The molecular formula is C31H32N4O6. The molecule has 10 heteroatoms. The van der Waals surface area contributed by atoms with Crippen molar-refractivity contribution in [2.24, 2.45) is 0 Å². The molecular weight excluding hydrogens is 524 g/mol. The quantitative estimate of drug-likeness (QED) is 0.183. The standard InChI is InChI=1S/C31H32N4O6/c36-21-22(37)19-34(30(25-11-5-7-15-32-25)23-9-1-3-13-27(23)38)17-18-35(20-29(40)41)31(26-12-6-8-16-33-26)24-10-2-4-14-28(24)39/h1-16,30-31,36,38-39H,17-21H2,(H,40,41). The molecule has 0 aliphatic rings. The summed E-state index contributed by atoms with van der Waals surface area (Å²) in [4.78, 5) is 37.1. The van der Waals surface area contributed by atoms with E-state index in [4.69, 9.17) is 0 Å². The highest BCUT2D eigenvalue weighted by Crippen LogP contribution is 2.35. The van der Waals surface area contributed by atoms with Gasteiger partial charge < -0.3 is 20.4 Å². The first-order valence-electron chi connectivity index (χ1n) is 13.1. The Kier molecular flexibility index (Phi) is 10.1. The maximum absolute atomic E-state index is 12.6. The van der Waals surface area contributed by atoms with Crippen molar-refractivity contribution in [3.8, 4) is 11.5 Å². The Morgan fingerprint density at radius 3 is 1.49 bits per heavy atom. The first-order valence-corrected chi connectivity index (χ1v) is 13.1. The molecule has 0 spiro atoms. The zero-order valence-corrected chi connectivity index (χ0v) is 22.3. The first kappa shape index (κ1) is 29.3. The van der Waals surface area contributed by atoms with Gasteiger partial charge in [0.25, 0.3) is 0 Å². The van der Waals surface area contributed by atoms with Crippen LogP contribution < -0.4 is 0 Å². The smallest absolute Gasteiger partial charge is 0.317 e. The number of aromatic nitrogens is 2. The number of aliphatic hydroxyl groups excluding tert-OH is 1. The third-order valence-corrected chi connectivity index (χ3v) is 6.70. The summed E-state index contributed by atoms with van der Waals surface area (Å²) in [5.74, 6) is -1.53. The Hall–Kier alpha value is -4.64. The highest BCUT2D eigenvalue weighted by molar-refractivity contribution is 5.81. The van der Waals surface area contributed by atoms with Crippen molar-refractivity contribution in [2.45, 2.75) is 12.1 Å². The number of hydrogen-bond acceptors (Lipinski definition) is 9. The van der Waals surface area contributed by atoms with Crippen LogP contribution in [0.3, 0.4) is 0 Å². The molecule has 4 N–H and O–H groups in total. The maximum Gasteiger partial charge on any atom is 0.317 e. The number of benzene rings is 2. The van der Waals surface area contributed by atoms with Crippen LogP contribution >= 0.6 is 0 Å². The molecule has 0 amide bonds. The molecule has 212 valence electrons. The molecule has 2 unspecified atom stereocenters. The van der Waals surface area contributed by atoms with Crippen LogP contribution in [-0.4, -0.2) is 84.7 Å². The van der Waals surface area contributed by atoms with Crippen LogP contribution in [0.15, 0.2) is 97.3 Å². The van der Waals surface area contributed by atoms with Crippen molar-refractivity contribution in [1.82, 2.24) is 19.8 Å². The van der Waals surface area contributed by atoms with Crippen LogP contribution in [0.5, 0.6) is 11.5 Å². The number of phenols is 2. The predicted octanol–water partition coefficient (Wildman–Crippen LogP) is 3.02. The molecule has 0 bridgehead atoms. The SMILES string of the molecule is O=C(O)CN(CCN(CC(=O)CO)C(c1ccccn1)c1ccccc1O)C(c1ccccn1)c1ccccc1O. The number of aromatic hydroxyl groups is 2. The second kappa shape index (κ2) is 14.1. The number of rotatable bonds is 14. The summed E-state index contributed by atoms with van der Waals surface area (Å²) in [5.41, 5.74) is 2.08. The number of carbonyl (C=O) groups is 2. The molecule has 4 aromatic rings. The van der Waals surface area contributed by atoms with E-state index in [0.717, 1.165) is 0 Å². The van der Waals surface area contributed by atoms with E-state index in [1.165, 1.54) is 6.07 Å². The van der Waals surface area contributed by atoms with E-state index in [2.05, 4.69) is 9.97 Å². The van der Waals surface area contributed by atoms with Crippen LogP contribution in [0.1, 0.15) is 34.6 Å². The van der Waals surface area contributed by atoms with Gasteiger partial charge >= 0.3 is 5.97 Å². The summed E-state index contributed by atoms with van der Waals surface area (Å²) in [5, 5.41) is 41.0. The number of aliphatic carboxylic acids is 1. The summed E-state index contributed by atoms with van der Waals surface area (Å²) in [6.07, 6.45) is 3.21. The number of Topliss-reactive ketones (excluding diaryl/α,β-unsaturated/α-hetero) is 1. The number of carboxylic acids is 1. The Labute approximate surface area is 237 Å². The van der Waals surface area contributed by atoms with Gasteiger partial charge in [-0.3, -0.25) is 29.4 Å². The van der Waals surface area contributed by atoms with Crippen molar-refractivity contribution in [2.75, 3.05) is 32.8 Å². The van der Waals surface area contributed by atoms with E-state index in [0.29, 0.717) is 22.5 Å². The zero-order chi connectivity index (χ0) is 29.2. The first-order chi connectivity index (χ1) is 19.9. The normalized spacial score (nSPS) is 12.8. The Balaban J connectivity index is 1.77. The van der Waals surface area contributed by atoms with Crippen molar-refractivity contribution < 1.29 is 30.0 Å². The molecule has 0 fully saturated rings. The van der Waals surface area contributed by atoms with Gasteiger partial charge in [-0.25, -0.2) is 0 Å². The summed E-state index contributed by atoms with van der Waals surface area (Å²) in [6.45, 7) is -0.984. The highest BCUT2D eigenvalue weighted by atomic mass is 16.4. The molecule has 0 aliphatic heterocycles. The minimum atomic E-state index is -1.08. The second-order valence-corrected chi connectivity index (χ2v) is 9.46. The second-order valence-electron chi connectivity index (χ2n) is 9.46. The number of carbonyl (C=O) groups excluding carboxylic acids is 1. The molecule has 0 saturated carbocycles. The minimum Gasteiger partial charge on any atom is -0.508 e. The van der Waals surface area contributed by atoms with Gasteiger partial charge in [0, 0.05) is 36.6 Å². The van der Waals surface area contributed by atoms with Gasteiger partial charge in [-0.05, 0) is 36.4 Å². The van der Waals surface area contributed by atoms with Crippen molar-refractivity contribution in [1.29, 1.82) is 0 Å². The number of hydrogen-bond donors (Lipinski definition) is 4. The Morgan fingerprint density at radius 1 is 0.659 bits per heavy atom. The fraction of sp³-hybridized carbons (Fsp3) is 0.226. The van der Waals surface area contributed by atoms with Crippen LogP contribution in [0.2, 0.25) is 0 Å². The molecule has 0 aliphatic carbocycles. The number of para-hydroxylation sites is 2. The highest BCUT2D eigenvalue weighted by Gasteiger charge is 2.31. The summed E-state index contributed by atoms with van der Waals surface area (Å²) in [6, 6.07) is 22.7. The van der Waals surface area contributed by atoms with Crippen molar-refractivity contribution >= 4 is 11.8 Å². The van der Waals surface area contributed by atoms with Crippen LogP contribution in [0.25, 0.3) is 0 Å². The summed E-state index contributed by atoms with van der Waals surface area (Å²) >= 11 is 0. The van der Waals surface area contributed by atoms with Gasteiger partial charge in [-0.15, -0.1) is 0 Å². The summed E-state index contributed by atoms with van der Waals surface area (Å²) < 4.78 is 0. The average Bonchev–Trinajstić information content (AvgIpc) is 2.98. The number of carboxylic acid groups (broad SMARTS) is 1. The maximum atomic E-state index is 12.6. The van der Waals surface area contributed by atoms with Crippen LogP contribution in [0, 0.1) is 0 Å². The third-order valence-electron chi connectivity index (χ3n) is 6.70. The molecule has 0 saturated heterocycles. The lowest BCUT2D eigenvalue weighted by atomic mass is 9.98. The van der Waals surface area contributed by atoms with E-state index in [-0.39, 0.29) is 37.7 Å². The number of aliphatic hydroxyl groups is 1. The molecule has 2 atom stereocenters. The summed E-state index contributed by atoms with van der Waals surface area (Å²) in [7, 11) is 0. The number of pyridine rings is 2. The molecule has 2 aromatic carbocycles. The Bertz CT molecular complexity index is 1440. The fourth-order valence-corrected chi connectivity index (χ4v) is 4.91. The van der Waals surface area contributed by atoms with E-state index in [1.54, 1.807) is 101 Å². The topological polar surface area (TPSA) is 147 Å². The van der Waals surface area contributed by atoms with Crippen LogP contribution in [-0.2, 0) is 9.59 Å². The number of phenolic OH excluding ortho intramolecular Hbond substituents is 2. The average molecular weight is 557 g/mol. The number of nitrogens with zero attached hydrogens (tertiary/aromatic N) is 4. The van der Waals surface area contributed by atoms with Gasteiger partial charge in [0.2, 0.25) is 0 Å². The Morgan fingerprint density at radius 2 is 1.10 bits per heavy atom. The largest absolute Gasteiger partial charge is 0.508 e. The van der Waals surface area contributed by atoms with Gasteiger partial charge in [0.05, 0.1) is 36.6 Å². The van der Waals surface area contributed by atoms with E-state index in [9.17, 15) is 30.0 Å². The third kappa shape index (κ3) is 7.52. The van der Waals surface area contributed by atoms with Crippen molar-refractivity contribution in [3.63, 3.8) is 0 Å². The zero-order valence-electron chi connectivity index (χ0n) is 22.3. The van der Waals surface area contributed by atoms with Gasteiger partial charge in [0.15, 0.2) is 5.78 Å². The van der Waals surface area contributed by atoms with Crippen molar-refractivity contribution in [3.05, 3.63) is 120 Å². The molecule has 4 rings (SSSR count). The molecule has 0 radical (unpaired) electrons. The molecule has 10 nitrogen and oxygen atoms in total. The lowest BCUT2D eigenvalue weighted by Crippen LogP contribution is -2.44. The number of ketones is 1. The molecule has 41 heavy (non-hydrogen) atoms. The molecule has 2 heterocycles. The van der Waals surface area contributed by atoms with E-state index in [1.807, 2.05) is 0 Å². The van der Waals surface area contributed by atoms with Crippen LogP contribution in [0.4, 0.5) is 0 Å².